The van der Waals surface area contributed by atoms with E-state index < -0.39 is 11.9 Å². The molecule has 1 aliphatic rings. The lowest BCUT2D eigenvalue weighted by molar-refractivity contribution is -0.159. The standard InChI is InChI=1S/C11H15FN2.C2H2O4/c1-14-6-2-3-11(14)10-8-13-5-4-9(10)7-12;3-1(4)2(5)6/h4-5,8,11H,2-3,6-7H2,1H3;(H,3,4)(H,5,6)/t11-;/m0./s1. The first-order chi connectivity index (χ1) is 9.47. The number of carboxylic acids is 2. The smallest absolute Gasteiger partial charge is 0.414 e. The van der Waals surface area contributed by atoms with Crippen molar-refractivity contribution in [1.82, 2.24) is 9.88 Å². The van der Waals surface area contributed by atoms with Gasteiger partial charge in [0.05, 0.1) is 0 Å². The third-order valence-electron chi connectivity index (χ3n) is 3.15. The molecule has 1 saturated heterocycles. The van der Waals surface area contributed by atoms with Crippen molar-refractivity contribution in [3.8, 4) is 0 Å². The van der Waals surface area contributed by atoms with Gasteiger partial charge in [0.2, 0.25) is 0 Å². The molecule has 7 heteroatoms. The Balaban J connectivity index is 0.000000286. The van der Waals surface area contributed by atoms with Gasteiger partial charge in [-0.15, -0.1) is 0 Å². The predicted molar refractivity (Wildman–Crippen MR) is 68.9 cm³/mol. The summed E-state index contributed by atoms with van der Waals surface area (Å²) in [7, 11) is 2.09. The summed E-state index contributed by atoms with van der Waals surface area (Å²) in [6.07, 6.45) is 5.78. The zero-order valence-electron chi connectivity index (χ0n) is 11.1. The molecule has 1 fully saturated rings. The Morgan fingerprint density at radius 1 is 1.45 bits per heavy atom. The second-order valence-electron chi connectivity index (χ2n) is 4.46. The van der Waals surface area contributed by atoms with Gasteiger partial charge in [-0.3, -0.25) is 9.88 Å². The molecule has 0 unspecified atom stereocenters. The topological polar surface area (TPSA) is 90.7 Å². The minimum atomic E-state index is -1.82. The number of hydrogen-bond donors (Lipinski definition) is 2. The van der Waals surface area contributed by atoms with Gasteiger partial charge in [-0.2, -0.15) is 0 Å². The van der Waals surface area contributed by atoms with Crippen molar-refractivity contribution >= 4 is 11.9 Å². The van der Waals surface area contributed by atoms with E-state index >= 15 is 0 Å². The van der Waals surface area contributed by atoms with Crippen molar-refractivity contribution in [1.29, 1.82) is 0 Å². The van der Waals surface area contributed by atoms with Gasteiger partial charge in [0.15, 0.2) is 0 Å². The number of halogens is 1. The number of alkyl halides is 1. The van der Waals surface area contributed by atoms with Gasteiger partial charge in [0, 0.05) is 18.4 Å². The van der Waals surface area contributed by atoms with E-state index in [9.17, 15) is 4.39 Å². The van der Waals surface area contributed by atoms with Crippen LogP contribution in [-0.4, -0.2) is 45.6 Å². The highest BCUT2D eigenvalue weighted by Gasteiger charge is 2.24. The molecule has 0 amide bonds. The SMILES string of the molecule is CN1CCC[C@H]1c1cnccc1CF.O=C(O)C(=O)O. The fourth-order valence-electron chi connectivity index (χ4n) is 2.16. The van der Waals surface area contributed by atoms with Crippen LogP contribution in [0.5, 0.6) is 0 Å². The summed E-state index contributed by atoms with van der Waals surface area (Å²) in [6, 6.07) is 2.15. The summed E-state index contributed by atoms with van der Waals surface area (Å²) in [5.41, 5.74) is 1.86. The average molecular weight is 284 g/mol. The van der Waals surface area contributed by atoms with Crippen LogP contribution in [-0.2, 0) is 16.3 Å². The van der Waals surface area contributed by atoms with Crippen LogP contribution in [0.3, 0.4) is 0 Å². The molecule has 0 saturated carbocycles. The molecule has 1 aromatic heterocycles. The van der Waals surface area contributed by atoms with Crippen molar-refractivity contribution in [2.75, 3.05) is 13.6 Å². The van der Waals surface area contributed by atoms with Crippen LogP contribution < -0.4 is 0 Å². The van der Waals surface area contributed by atoms with Crippen molar-refractivity contribution in [3.05, 3.63) is 29.6 Å². The molecule has 0 bridgehead atoms. The third kappa shape index (κ3) is 4.27. The number of carbonyl (C=O) groups is 2. The fourth-order valence-corrected chi connectivity index (χ4v) is 2.16. The second kappa shape index (κ2) is 7.54. The third-order valence-corrected chi connectivity index (χ3v) is 3.15. The summed E-state index contributed by atoms with van der Waals surface area (Å²) < 4.78 is 12.7. The average Bonchev–Trinajstić information content (AvgIpc) is 2.85. The van der Waals surface area contributed by atoms with Crippen LogP contribution in [0.4, 0.5) is 4.39 Å². The van der Waals surface area contributed by atoms with Crippen molar-refractivity contribution in [2.24, 2.45) is 0 Å². The van der Waals surface area contributed by atoms with E-state index in [2.05, 4.69) is 16.9 Å². The van der Waals surface area contributed by atoms with Crippen molar-refractivity contribution < 1.29 is 24.2 Å². The summed E-state index contributed by atoms with van der Waals surface area (Å²) in [4.78, 5) is 24.6. The van der Waals surface area contributed by atoms with Crippen LogP contribution >= 0.6 is 0 Å². The predicted octanol–water partition coefficient (Wildman–Crippen LogP) is 1.47. The van der Waals surface area contributed by atoms with Gasteiger partial charge in [0.1, 0.15) is 6.67 Å². The number of aromatic nitrogens is 1. The van der Waals surface area contributed by atoms with E-state index in [0.717, 1.165) is 24.1 Å². The molecule has 6 nitrogen and oxygen atoms in total. The Morgan fingerprint density at radius 3 is 2.55 bits per heavy atom. The molecular formula is C13H17FN2O4. The Hall–Kier alpha value is -2.02. The number of pyridine rings is 1. The molecular weight excluding hydrogens is 267 g/mol. The number of hydrogen-bond acceptors (Lipinski definition) is 4. The van der Waals surface area contributed by atoms with E-state index in [-0.39, 0.29) is 6.67 Å². The van der Waals surface area contributed by atoms with E-state index in [4.69, 9.17) is 19.8 Å². The molecule has 0 radical (unpaired) electrons. The molecule has 2 rings (SSSR count). The maximum Gasteiger partial charge on any atom is 0.414 e. The normalized spacial score (nSPS) is 18.2. The molecule has 1 aromatic rings. The van der Waals surface area contributed by atoms with Crippen LogP contribution in [0.25, 0.3) is 0 Å². The van der Waals surface area contributed by atoms with Gasteiger partial charge in [-0.25, -0.2) is 14.0 Å². The van der Waals surface area contributed by atoms with Gasteiger partial charge < -0.3 is 10.2 Å². The van der Waals surface area contributed by atoms with Crippen LogP contribution in [0, 0.1) is 0 Å². The molecule has 2 N–H and O–H groups in total. The molecule has 0 aliphatic carbocycles. The van der Waals surface area contributed by atoms with Crippen LogP contribution in [0.15, 0.2) is 18.5 Å². The van der Waals surface area contributed by atoms with Gasteiger partial charge in [-0.05, 0) is 43.6 Å². The Kier molecular flexibility index (Phi) is 6.05. The fraction of sp³-hybridized carbons (Fsp3) is 0.462. The highest BCUT2D eigenvalue weighted by atomic mass is 19.1. The van der Waals surface area contributed by atoms with Crippen LogP contribution in [0.2, 0.25) is 0 Å². The lowest BCUT2D eigenvalue weighted by Gasteiger charge is -2.21. The quantitative estimate of drug-likeness (QED) is 0.799. The Labute approximate surface area is 115 Å². The number of aliphatic carboxylic acids is 2. The Morgan fingerprint density at radius 2 is 2.10 bits per heavy atom. The second-order valence-corrected chi connectivity index (χ2v) is 4.46. The van der Waals surface area contributed by atoms with E-state index in [1.54, 1.807) is 18.5 Å². The minimum Gasteiger partial charge on any atom is -0.473 e. The van der Waals surface area contributed by atoms with Crippen LogP contribution in [0.1, 0.15) is 30.0 Å². The number of likely N-dealkylation sites (tertiary alicyclic amines) is 1. The maximum atomic E-state index is 12.7. The first kappa shape index (κ1) is 16.0. The lowest BCUT2D eigenvalue weighted by Crippen LogP contribution is -2.18. The number of nitrogens with zero attached hydrogens (tertiary/aromatic N) is 2. The molecule has 2 heterocycles. The molecule has 1 atom stereocenters. The zero-order chi connectivity index (χ0) is 15.1. The summed E-state index contributed by atoms with van der Waals surface area (Å²) >= 11 is 0. The molecule has 0 aromatic carbocycles. The summed E-state index contributed by atoms with van der Waals surface area (Å²) in [5, 5.41) is 14.8. The lowest BCUT2D eigenvalue weighted by atomic mass is 10.0. The number of carboxylic acid groups (broad SMARTS) is 2. The minimum absolute atomic E-state index is 0.370. The van der Waals surface area contributed by atoms with Crippen molar-refractivity contribution in [2.45, 2.75) is 25.6 Å². The molecule has 1 aliphatic heterocycles. The largest absolute Gasteiger partial charge is 0.473 e. The first-order valence-corrected chi connectivity index (χ1v) is 6.12. The zero-order valence-corrected chi connectivity index (χ0v) is 11.1. The highest BCUT2D eigenvalue weighted by molar-refractivity contribution is 6.27. The summed E-state index contributed by atoms with van der Waals surface area (Å²) in [6.45, 7) is 0.716. The van der Waals surface area contributed by atoms with Gasteiger partial charge >= 0.3 is 11.9 Å². The van der Waals surface area contributed by atoms with Crippen molar-refractivity contribution in [3.63, 3.8) is 0 Å². The maximum absolute atomic E-state index is 12.7. The molecule has 0 spiro atoms. The molecule has 20 heavy (non-hydrogen) atoms. The van der Waals surface area contributed by atoms with Gasteiger partial charge in [0.25, 0.3) is 0 Å². The first-order valence-electron chi connectivity index (χ1n) is 6.12. The monoisotopic (exact) mass is 284 g/mol. The number of rotatable bonds is 2. The summed E-state index contributed by atoms with van der Waals surface area (Å²) in [5.74, 6) is -3.65. The highest BCUT2D eigenvalue weighted by Crippen LogP contribution is 2.31. The van der Waals surface area contributed by atoms with E-state index in [1.165, 1.54) is 6.42 Å². The van der Waals surface area contributed by atoms with Gasteiger partial charge in [-0.1, -0.05) is 0 Å². The molecule has 110 valence electrons. The van der Waals surface area contributed by atoms with E-state index in [0.29, 0.717) is 6.04 Å². The van der Waals surface area contributed by atoms with E-state index in [1.807, 2.05) is 0 Å². The Bertz CT molecular complexity index is 469.